The highest BCUT2D eigenvalue weighted by atomic mass is 32.2. The van der Waals surface area contributed by atoms with Crippen LogP contribution in [-0.2, 0) is 4.79 Å². The fraction of sp³-hybridized carbons (Fsp3) is 0.286. The molecule has 5 nitrogen and oxygen atoms in total. The molecule has 0 aliphatic carbocycles. The molecule has 3 rings (SSSR count). The van der Waals surface area contributed by atoms with Gasteiger partial charge in [0.15, 0.2) is 11.5 Å². The van der Waals surface area contributed by atoms with E-state index in [1.165, 1.54) is 11.8 Å². The number of carbonyl (C=O) groups is 1. The number of phenols is 1. The Morgan fingerprint density at radius 1 is 1.29 bits per heavy atom. The molecule has 0 bridgehead atoms. The summed E-state index contributed by atoms with van der Waals surface area (Å²) in [6, 6.07) is 11.6. The fourth-order valence-corrected chi connectivity index (χ4v) is 4.65. The van der Waals surface area contributed by atoms with E-state index < -0.39 is 0 Å². The number of rotatable bonds is 6. The molecule has 1 N–H and O–H groups in total. The van der Waals surface area contributed by atoms with E-state index in [-0.39, 0.29) is 11.7 Å². The minimum absolute atomic E-state index is 0.0212. The van der Waals surface area contributed by atoms with Crippen molar-refractivity contribution in [2.75, 3.05) is 32.8 Å². The van der Waals surface area contributed by atoms with Gasteiger partial charge in [-0.2, -0.15) is 0 Å². The standard InChI is InChI=1S/C21H24N2O3S2/c1-5-26-17-11-14(12-19-21(25)23(13-28-19)22(2)3)10-16(20(17)24)15-8-6-7-9-18(15)27-4/h6-12,24H,5,13H2,1-4H3/b19-12+. The van der Waals surface area contributed by atoms with E-state index in [0.29, 0.717) is 28.7 Å². The van der Waals surface area contributed by atoms with Crippen molar-refractivity contribution in [3.05, 3.63) is 46.9 Å². The summed E-state index contributed by atoms with van der Waals surface area (Å²) < 4.78 is 5.67. The molecule has 1 amide bonds. The second-order valence-corrected chi connectivity index (χ2v) is 8.22. The van der Waals surface area contributed by atoms with Gasteiger partial charge < -0.3 is 9.84 Å². The number of phenolic OH excluding ortho intramolecular Hbond substituents is 1. The molecular formula is C21H24N2O3S2. The number of thioether (sulfide) groups is 2. The summed E-state index contributed by atoms with van der Waals surface area (Å²) in [6.45, 7) is 2.32. The predicted molar refractivity (Wildman–Crippen MR) is 117 cm³/mol. The molecule has 0 radical (unpaired) electrons. The molecule has 0 aromatic heterocycles. The van der Waals surface area contributed by atoms with Crippen LogP contribution in [0, 0.1) is 0 Å². The van der Waals surface area contributed by atoms with Gasteiger partial charge in [-0.1, -0.05) is 30.0 Å². The van der Waals surface area contributed by atoms with Crippen LogP contribution in [0.3, 0.4) is 0 Å². The molecule has 1 fully saturated rings. The highest BCUT2D eigenvalue weighted by Crippen LogP contribution is 2.42. The molecule has 148 valence electrons. The molecule has 2 aromatic rings. The summed E-state index contributed by atoms with van der Waals surface area (Å²) in [4.78, 5) is 14.3. The van der Waals surface area contributed by atoms with Crippen molar-refractivity contribution in [2.45, 2.75) is 11.8 Å². The van der Waals surface area contributed by atoms with E-state index in [1.54, 1.807) is 27.8 Å². The van der Waals surface area contributed by atoms with Crippen molar-refractivity contribution >= 4 is 35.5 Å². The van der Waals surface area contributed by atoms with Crippen molar-refractivity contribution in [3.8, 4) is 22.6 Å². The van der Waals surface area contributed by atoms with Crippen LogP contribution in [-0.4, -0.2) is 53.9 Å². The summed E-state index contributed by atoms with van der Waals surface area (Å²) in [5.74, 6) is 1.11. The van der Waals surface area contributed by atoms with Gasteiger partial charge >= 0.3 is 0 Å². The van der Waals surface area contributed by atoms with Gasteiger partial charge in [0.1, 0.15) is 0 Å². The SMILES string of the molecule is CCOc1cc(/C=C2/SCN(N(C)C)C2=O)cc(-c2ccccc2SC)c1O. The molecule has 1 aliphatic heterocycles. The van der Waals surface area contributed by atoms with Crippen LogP contribution in [0.1, 0.15) is 12.5 Å². The lowest BCUT2D eigenvalue weighted by Crippen LogP contribution is -2.37. The number of hydrogen-bond acceptors (Lipinski definition) is 6. The number of nitrogens with zero attached hydrogens (tertiary/aromatic N) is 2. The lowest BCUT2D eigenvalue weighted by Gasteiger charge is -2.21. The third-order valence-electron chi connectivity index (χ3n) is 4.36. The van der Waals surface area contributed by atoms with Crippen molar-refractivity contribution in [1.29, 1.82) is 0 Å². The number of hydrazine groups is 1. The van der Waals surface area contributed by atoms with Crippen LogP contribution in [0.4, 0.5) is 0 Å². The van der Waals surface area contributed by atoms with Crippen molar-refractivity contribution in [1.82, 2.24) is 10.0 Å². The first-order valence-electron chi connectivity index (χ1n) is 8.93. The molecule has 7 heteroatoms. The van der Waals surface area contributed by atoms with Gasteiger partial charge in [0.25, 0.3) is 5.91 Å². The van der Waals surface area contributed by atoms with Crippen LogP contribution in [0.2, 0.25) is 0 Å². The molecule has 0 saturated carbocycles. The molecule has 1 aliphatic rings. The largest absolute Gasteiger partial charge is 0.504 e. The lowest BCUT2D eigenvalue weighted by atomic mass is 10.0. The summed E-state index contributed by atoms with van der Waals surface area (Å²) in [7, 11) is 3.71. The van der Waals surface area contributed by atoms with Gasteiger partial charge in [0.05, 0.1) is 17.4 Å². The minimum atomic E-state index is -0.0212. The third kappa shape index (κ3) is 4.16. The van der Waals surface area contributed by atoms with Crippen LogP contribution in [0.5, 0.6) is 11.5 Å². The highest BCUT2D eigenvalue weighted by Gasteiger charge is 2.28. The Morgan fingerprint density at radius 3 is 2.68 bits per heavy atom. The molecule has 0 spiro atoms. The number of hydrogen-bond donors (Lipinski definition) is 1. The highest BCUT2D eigenvalue weighted by molar-refractivity contribution is 8.04. The third-order valence-corrected chi connectivity index (χ3v) is 6.14. The maximum absolute atomic E-state index is 12.6. The van der Waals surface area contributed by atoms with Crippen LogP contribution in [0.25, 0.3) is 17.2 Å². The number of ether oxygens (including phenoxy) is 1. The first kappa shape index (κ1) is 20.6. The summed E-state index contributed by atoms with van der Waals surface area (Å²) >= 11 is 3.13. The number of amides is 1. The van der Waals surface area contributed by atoms with Gasteiger partial charge in [-0.05, 0) is 48.6 Å². The average molecular weight is 417 g/mol. The zero-order valence-electron chi connectivity index (χ0n) is 16.4. The zero-order chi connectivity index (χ0) is 20.3. The normalized spacial score (nSPS) is 15.7. The Kier molecular flexibility index (Phi) is 6.59. The minimum Gasteiger partial charge on any atom is -0.504 e. The van der Waals surface area contributed by atoms with Crippen LogP contribution in [0.15, 0.2) is 46.2 Å². The van der Waals surface area contributed by atoms with Crippen molar-refractivity contribution < 1.29 is 14.6 Å². The van der Waals surface area contributed by atoms with Gasteiger partial charge in [-0.15, -0.1) is 11.8 Å². The quantitative estimate of drug-likeness (QED) is 0.552. The molecular weight excluding hydrogens is 392 g/mol. The molecule has 0 atom stereocenters. The Labute approximate surface area is 174 Å². The van der Waals surface area contributed by atoms with Crippen molar-refractivity contribution in [3.63, 3.8) is 0 Å². The molecule has 1 saturated heterocycles. The average Bonchev–Trinajstić information content (AvgIpc) is 3.05. The number of benzene rings is 2. The molecule has 0 unspecified atom stereocenters. The lowest BCUT2D eigenvalue weighted by molar-refractivity contribution is -0.136. The van der Waals surface area contributed by atoms with Crippen LogP contribution < -0.4 is 4.74 Å². The topological polar surface area (TPSA) is 53.0 Å². The smallest absolute Gasteiger partial charge is 0.275 e. The Hall–Kier alpha value is -2.09. The first-order valence-corrected chi connectivity index (χ1v) is 11.1. The monoisotopic (exact) mass is 416 g/mol. The van der Waals surface area contributed by atoms with E-state index in [1.807, 2.05) is 63.7 Å². The maximum atomic E-state index is 12.6. The second-order valence-electron chi connectivity index (χ2n) is 6.38. The van der Waals surface area contributed by atoms with Gasteiger partial charge in [0.2, 0.25) is 0 Å². The molecule has 2 aromatic carbocycles. The first-order chi connectivity index (χ1) is 13.5. The van der Waals surface area contributed by atoms with E-state index in [9.17, 15) is 9.90 Å². The van der Waals surface area contributed by atoms with E-state index in [4.69, 9.17) is 4.74 Å². The predicted octanol–water partition coefficient (Wildman–Crippen LogP) is 4.53. The summed E-state index contributed by atoms with van der Waals surface area (Å²) in [6.07, 6.45) is 3.87. The second kappa shape index (κ2) is 8.94. The van der Waals surface area contributed by atoms with E-state index in [2.05, 4.69) is 0 Å². The Morgan fingerprint density at radius 2 is 2.04 bits per heavy atom. The summed E-state index contributed by atoms with van der Waals surface area (Å²) in [5.41, 5.74) is 2.46. The van der Waals surface area contributed by atoms with E-state index in [0.717, 1.165) is 16.0 Å². The fourth-order valence-electron chi connectivity index (χ4n) is 2.98. The van der Waals surface area contributed by atoms with E-state index >= 15 is 0 Å². The van der Waals surface area contributed by atoms with Gasteiger partial charge in [0, 0.05) is 24.6 Å². The Balaban J connectivity index is 2.09. The molecule has 28 heavy (non-hydrogen) atoms. The van der Waals surface area contributed by atoms with Gasteiger partial charge in [-0.3, -0.25) is 9.80 Å². The van der Waals surface area contributed by atoms with Gasteiger partial charge in [-0.25, -0.2) is 5.01 Å². The molecule has 1 heterocycles. The maximum Gasteiger partial charge on any atom is 0.275 e. The van der Waals surface area contributed by atoms with Crippen molar-refractivity contribution in [2.24, 2.45) is 0 Å². The Bertz CT molecular complexity index is 913. The summed E-state index contributed by atoms with van der Waals surface area (Å²) in [5, 5.41) is 14.3. The number of aromatic hydroxyl groups is 1. The zero-order valence-corrected chi connectivity index (χ0v) is 18.1. The number of carbonyl (C=O) groups excluding carboxylic acids is 1. The van der Waals surface area contributed by atoms with Crippen LogP contribution >= 0.6 is 23.5 Å².